The summed E-state index contributed by atoms with van der Waals surface area (Å²) in [5.41, 5.74) is 3.63. The van der Waals surface area contributed by atoms with Crippen molar-refractivity contribution in [2.75, 3.05) is 6.54 Å². The second kappa shape index (κ2) is 7.77. The molecule has 4 rings (SSSR count). The van der Waals surface area contributed by atoms with Crippen LogP contribution in [0, 0.1) is 0 Å². The van der Waals surface area contributed by atoms with E-state index in [9.17, 15) is 9.59 Å². The average molecular weight is 400 g/mol. The minimum atomic E-state index is -0.0257. The summed E-state index contributed by atoms with van der Waals surface area (Å²) in [4.78, 5) is 29.5. The maximum atomic E-state index is 12.4. The van der Waals surface area contributed by atoms with Crippen LogP contribution in [0.5, 0.6) is 0 Å². The molecule has 1 aromatic carbocycles. The van der Waals surface area contributed by atoms with E-state index >= 15 is 0 Å². The average Bonchev–Trinajstić information content (AvgIpc) is 3.09. The summed E-state index contributed by atoms with van der Waals surface area (Å²) in [6.45, 7) is 5.31. The third kappa shape index (κ3) is 3.95. The topological polar surface area (TPSA) is 83.0 Å². The fourth-order valence-corrected chi connectivity index (χ4v) is 3.69. The molecule has 3 heterocycles. The van der Waals surface area contributed by atoms with E-state index in [0.717, 1.165) is 42.2 Å². The monoisotopic (exact) mass is 399 g/mol. The normalized spacial score (nSPS) is 14.2. The molecule has 1 amide bonds. The largest absolute Gasteiger partial charge is 0.357 e. The molecule has 28 heavy (non-hydrogen) atoms. The zero-order valence-corrected chi connectivity index (χ0v) is 16.4. The van der Waals surface area contributed by atoms with Crippen molar-refractivity contribution in [1.82, 2.24) is 25.0 Å². The van der Waals surface area contributed by atoms with Gasteiger partial charge in [-0.2, -0.15) is 5.10 Å². The molecule has 0 unspecified atom stereocenters. The first-order valence-corrected chi connectivity index (χ1v) is 9.75. The highest BCUT2D eigenvalue weighted by Crippen LogP contribution is 2.18. The van der Waals surface area contributed by atoms with Crippen LogP contribution >= 0.6 is 11.6 Å². The Labute approximate surface area is 167 Å². The van der Waals surface area contributed by atoms with E-state index in [-0.39, 0.29) is 11.3 Å². The summed E-state index contributed by atoms with van der Waals surface area (Å²) >= 11 is 5.99. The molecule has 0 saturated carbocycles. The highest BCUT2D eigenvalue weighted by atomic mass is 35.5. The number of aromatic amines is 1. The van der Waals surface area contributed by atoms with Gasteiger partial charge in [0.25, 0.3) is 0 Å². The van der Waals surface area contributed by atoms with E-state index in [1.165, 1.54) is 0 Å². The van der Waals surface area contributed by atoms with Crippen LogP contribution in [0.3, 0.4) is 0 Å². The fourth-order valence-electron chi connectivity index (χ4n) is 3.52. The molecule has 0 atom stereocenters. The molecule has 2 aromatic heterocycles. The summed E-state index contributed by atoms with van der Waals surface area (Å²) in [5, 5.41) is 8.59. The number of carbonyl (C=O) groups is 1. The Kier molecular flexibility index (Phi) is 5.19. The predicted octanol–water partition coefficient (Wildman–Crippen LogP) is 2.42. The van der Waals surface area contributed by atoms with Gasteiger partial charge in [-0.05, 0) is 24.3 Å². The van der Waals surface area contributed by atoms with Gasteiger partial charge >= 0.3 is 0 Å². The van der Waals surface area contributed by atoms with E-state index in [1.54, 1.807) is 18.2 Å². The summed E-state index contributed by atoms with van der Waals surface area (Å²) in [7, 11) is 0. The van der Waals surface area contributed by atoms with Gasteiger partial charge in [-0.25, -0.2) is 0 Å². The maximum absolute atomic E-state index is 12.4. The molecule has 146 valence electrons. The van der Waals surface area contributed by atoms with Crippen LogP contribution < -0.4 is 10.7 Å². The van der Waals surface area contributed by atoms with Gasteiger partial charge in [-0.1, -0.05) is 18.5 Å². The van der Waals surface area contributed by atoms with Crippen LogP contribution in [0.4, 0.5) is 0 Å². The molecule has 3 aromatic rings. The Bertz CT molecular complexity index is 1090. The standard InChI is InChI=1S/C20H22ClN5O2/c1-2-20(28)22-10-14-8-16-12-25(5-6-26(16)24-14)11-15-9-19(27)17-7-13(21)3-4-18(17)23-15/h3-4,7-9H,2,5-6,10-12H2,1H3,(H,22,28)(H,23,27). The Morgan fingerprint density at radius 1 is 1.29 bits per heavy atom. The lowest BCUT2D eigenvalue weighted by molar-refractivity contribution is -0.120. The molecule has 8 heteroatoms. The molecule has 0 fully saturated rings. The summed E-state index contributed by atoms with van der Waals surface area (Å²) < 4.78 is 2.00. The Morgan fingerprint density at radius 2 is 2.14 bits per heavy atom. The lowest BCUT2D eigenvalue weighted by Gasteiger charge is -2.27. The zero-order valence-electron chi connectivity index (χ0n) is 15.7. The van der Waals surface area contributed by atoms with E-state index in [1.807, 2.05) is 23.7 Å². The minimum Gasteiger partial charge on any atom is -0.357 e. The fraction of sp³-hybridized carbons (Fsp3) is 0.350. The number of aromatic nitrogens is 3. The first kappa shape index (κ1) is 18.7. The second-order valence-electron chi connectivity index (χ2n) is 7.04. The lowest BCUT2D eigenvalue weighted by Crippen LogP contribution is -2.33. The molecule has 1 aliphatic rings. The molecular formula is C20H22ClN5O2. The van der Waals surface area contributed by atoms with Crippen molar-refractivity contribution in [2.24, 2.45) is 0 Å². The van der Waals surface area contributed by atoms with Crippen molar-refractivity contribution in [3.05, 3.63) is 62.7 Å². The van der Waals surface area contributed by atoms with E-state index in [4.69, 9.17) is 11.6 Å². The number of benzene rings is 1. The number of nitrogens with one attached hydrogen (secondary N) is 2. The number of fused-ring (bicyclic) bond motifs is 2. The van der Waals surface area contributed by atoms with Crippen LogP contribution in [0.25, 0.3) is 10.9 Å². The number of H-pyrrole nitrogens is 1. The van der Waals surface area contributed by atoms with Crippen LogP contribution in [-0.2, 0) is 31.0 Å². The smallest absolute Gasteiger partial charge is 0.220 e. The van der Waals surface area contributed by atoms with Gasteiger partial charge in [0.1, 0.15) is 0 Å². The minimum absolute atomic E-state index is 0.0224. The Hall–Kier alpha value is -2.64. The molecule has 2 N–H and O–H groups in total. The molecule has 1 aliphatic heterocycles. The van der Waals surface area contributed by atoms with Crippen molar-refractivity contribution in [3.63, 3.8) is 0 Å². The number of hydrogen-bond acceptors (Lipinski definition) is 4. The van der Waals surface area contributed by atoms with E-state index in [2.05, 4.69) is 20.3 Å². The number of pyridine rings is 1. The van der Waals surface area contributed by atoms with E-state index in [0.29, 0.717) is 29.9 Å². The van der Waals surface area contributed by atoms with Gasteiger partial charge in [-0.3, -0.25) is 19.2 Å². The maximum Gasteiger partial charge on any atom is 0.220 e. The quantitative estimate of drug-likeness (QED) is 0.690. The van der Waals surface area contributed by atoms with Gasteiger partial charge in [0.05, 0.1) is 24.5 Å². The molecule has 0 saturated heterocycles. The first-order valence-electron chi connectivity index (χ1n) is 9.38. The summed E-state index contributed by atoms with van der Waals surface area (Å²) in [6, 6.07) is 8.99. The van der Waals surface area contributed by atoms with Crippen molar-refractivity contribution in [2.45, 2.75) is 39.5 Å². The molecule has 0 aliphatic carbocycles. The zero-order chi connectivity index (χ0) is 19.7. The number of nitrogens with zero attached hydrogens (tertiary/aromatic N) is 3. The van der Waals surface area contributed by atoms with Crippen molar-refractivity contribution >= 4 is 28.4 Å². The van der Waals surface area contributed by atoms with Crippen molar-refractivity contribution < 1.29 is 4.79 Å². The SMILES string of the molecule is CCC(=O)NCc1cc2n(n1)CCN(Cc1cc(=O)c3cc(Cl)ccc3[nH]1)C2. The Balaban J connectivity index is 1.47. The van der Waals surface area contributed by atoms with Gasteiger partial charge in [-0.15, -0.1) is 0 Å². The highest BCUT2D eigenvalue weighted by Gasteiger charge is 2.19. The lowest BCUT2D eigenvalue weighted by atomic mass is 10.2. The molecule has 7 nitrogen and oxygen atoms in total. The first-order chi connectivity index (χ1) is 13.5. The number of carbonyl (C=O) groups excluding carboxylic acids is 1. The number of amides is 1. The molecule has 0 bridgehead atoms. The van der Waals surface area contributed by atoms with Crippen molar-refractivity contribution in [1.29, 1.82) is 0 Å². The number of hydrogen-bond donors (Lipinski definition) is 2. The van der Waals surface area contributed by atoms with Gasteiger partial charge < -0.3 is 10.3 Å². The van der Waals surface area contributed by atoms with Gasteiger partial charge in [0, 0.05) is 53.7 Å². The molecular weight excluding hydrogens is 378 g/mol. The Morgan fingerprint density at radius 3 is 2.96 bits per heavy atom. The summed E-state index contributed by atoms with van der Waals surface area (Å²) in [6.07, 6.45) is 0.470. The number of halogens is 1. The van der Waals surface area contributed by atoms with E-state index < -0.39 is 0 Å². The number of rotatable bonds is 5. The summed E-state index contributed by atoms with van der Waals surface area (Å²) in [5.74, 6) is 0.0224. The van der Waals surface area contributed by atoms with Gasteiger partial charge in [0.15, 0.2) is 5.43 Å². The second-order valence-corrected chi connectivity index (χ2v) is 7.48. The van der Waals surface area contributed by atoms with Crippen LogP contribution in [0.2, 0.25) is 5.02 Å². The van der Waals surface area contributed by atoms with Crippen molar-refractivity contribution in [3.8, 4) is 0 Å². The third-order valence-corrected chi connectivity index (χ3v) is 5.19. The van der Waals surface area contributed by atoms with Gasteiger partial charge in [0.2, 0.25) is 5.91 Å². The molecule has 0 spiro atoms. The predicted molar refractivity (Wildman–Crippen MR) is 108 cm³/mol. The molecule has 0 radical (unpaired) electrons. The van der Waals surface area contributed by atoms with Crippen LogP contribution in [0.15, 0.2) is 35.1 Å². The van der Waals surface area contributed by atoms with Crippen LogP contribution in [-0.4, -0.2) is 32.1 Å². The van der Waals surface area contributed by atoms with Crippen LogP contribution in [0.1, 0.15) is 30.4 Å². The third-order valence-electron chi connectivity index (χ3n) is 4.96. The highest BCUT2D eigenvalue weighted by molar-refractivity contribution is 6.31.